The number of ether oxygens (including phenoxy) is 1. The quantitative estimate of drug-likeness (QED) is 0.841. The van der Waals surface area contributed by atoms with Crippen LogP contribution in [0.4, 0.5) is 5.69 Å². The molecule has 1 N–H and O–H groups in total. The molecular weight excluding hydrogens is 260 g/mol. The molecule has 3 nitrogen and oxygen atoms in total. The molecule has 4 heteroatoms. The second kappa shape index (κ2) is 7.13. The van der Waals surface area contributed by atoms with Crippen LogP contribution in [0.1, 0.15) is 19.4 Å². The van der Waals surface area contributed by atoms with E-state index in [4.69, 9.17) is 16.3 Å². The van der Waals surface area contributed by atoms with Crippen molar-refractivity contribution in [1.29, 1.82) is 0 Å². The smallest absolute Gasteiger partial charge is 0.0874 e. The fourth-order valence-corrected chi connectivity index (χ4v) is 2.50. The molecule has 1 saturated heterocycles. The molecule has 0 bridgehead atoms. The van der Waals surface area contributed by atoms with Crippen molar-refractivity contribution in [2.24, 2.45) is 0 Å². The van der Waals surface area contributed by atoms with Gasteiger partial charge < -0.3 is 10.1 Å². The largest absolute Gasteiger partial charge is 0.382 e. The van der Waals surface area contributed by atoms with Crippen LogP contribution in [0, 0.1) is 0 Å². The number of hydrogen-bond acceptors (Lipinski definition) is 3. The molecule has 0 amide bonds. The third kappa shape index (κ3) is 4.37. The van der Waals surface area contributed by atoms with E-state index in [9.17, 15) is 0 Å². The Labute approximate surface area is 120 Å². The average molecular weight is 283 g/mol. The lowest BCUT2D eigenvalue weighted by atomic mass is 10.2. The van der Waals surface area contributed by atoms with Gasteiger partial charge in [-0.2, -0.15) is 0 Å². The fourth-order valence-electron chi connectivity index (χ4n) is 2.33. The Balaban J connectivity index is 1.84. The number of halogens is 1. The molecule has 2 rings (SSSR count). The first-order valence-corrected chi connectivity index (χ1v) is 7.47. The van der Waals surface area contributed by atoms with E-state index >= 15 is 0 Å². The van der Waals surface area contributed by atoms with Crippen molar-refractivity contribution in [3.05, 3.63) is 29.8 Å². The number of nitrogens with one attached hydrogen (secondary N) is 1. The highest BCUT2D eigenvalue weighted by atomic mass is 35.5. The van der Waals surface area contributed by atoms with Gasteiger partial charge >= 0.3 is 0 Å². The van der Waals surface area contributed by atoms with Gasteiger partial charge in [-0.15, -0.1) is 11.6 Å². The first-order valence-electron chi connectivity index (χ1n) is 6.93. The summed E-state index contributed by atoms with van der Waals surface area (Å²) in [5.74, 6) is 0.552. The van der Waals surface area contributed by atoms with Gasteiger partial charge in [0.25, 0.3) is 0 Å². The SMILES string of the molecule is CC(C)N1CCOC(CNc2cccc(CCl)c2)C1. The molecule has 1 heterocycles. The highest BCUT2D eigenvalue weighted by molar-refractivity contribution is 6.17. The van der Waals surface area contributed by atoms with Gasteiger partial charge in [0.05, 0.1) is 12.7 Å². The number of rotatable bonds is 5. The molecule has 1 atom stereocenters. The van der Waals surface area contributed by atoms with Crippen LogP contribution in [0.25, 0.3) is 0 Å². The van der Waals surface area contributed by atoms with Crippen LogP contribution in [-0.4, -0.2) is 43.3 Å². The van der Waals surface area contributed by atoms with Crippen molar-refractivity contribution in [2.75, 3.05) is 31.6 Å². The Kier molecular flexibility index (Phi) is 5.49. The summed E-state index contributed by atoms with van der Waals surface area (Å²) < 4.78 is 5.81. The van der Waals surface area contributed by atoms with Gasteiger partial charge in [-0.05, 0) is 31.5 Å². The maximum Gasteiger partial charge on any atom is 0.0874 e. The zero-order chi connectivity index (χ0) is 13.7. The third-order valence-corrected chi connectivity index (χ3v) is 3.82. The summed E-state index contributed by atoms with van der Waals surface area (Å²) >= 11 is 5.84. The number of morpholine rings is 1. The van der Waals surface area contributed by atoms with Gasteiger partial charge in [0.15, 0.2) is 0 Å². The molecule has 1 aliphatic rings. The highest BCUT2D eigenvalue weighted by Crippen LogP contribution is 2.14. The van der Waals surface area contributed by atoms with Gasteiger partial charge in [0, 0.05) is 37.2 Å². The Bertz CT molecular complexity index is 397. The lowest BCUT2D eigenvalue weighted by Crippen LogP contribution is -2.48. The maximum absolute atomic E-state index is 5.84. The number of anilines is 1. The standard InChI is InChI=1S/C15H23ClN2O/c1-12(2)18-6-7-19-15(11-18)10-17-14-5-3-4-13(8-14)9-16/h3-5,8,12,15,17H,6-7,9-11H2,1-2H3. The lowest BCUT2D eigenvalue weighted by Gasteiger charge is -2.35. The van der Waals surface area contributed by atoms with E-state index in [1.807, 2.05) is 12.1 Å². The molecular formula is C15H23ClN2O. The van der Waals surface area contributed by atoms with Crippen molar-refractivity contribution in [2.45, 2.75) is 31.9 Å². The van der Waals surface area contributed by atoms with E-state index in [1.54, 1.807) is 0 Å². The van der Waals surface area contributed by atoms with Crippen LogP contribution in [0.3, 0.4) is 0 Å². The van der Waals surface area contributed by atoms with E-state index in [2.05, 4.69) is 36.2 Å². The van der Waals surface area contributed by atoms with Crippen LogP contribution in [-0.2, 0) is 10.6 Å². The van der Waals surface area contributed by atoms with Crippen LogP contribution < -0.4 is 5.32 Å². The first-order chi connectivity index (χ1) is 9.19. The van der Waals surface area contributed by atoms with Gasteiger partial charge in [-0.3, -0.25) is 4.90 Å². The monoisotopic (exact) mass is 282 g/mol. The van der Waals surface area contributed by atoms with Crippen LogP contribution in [0.5, 0.6) is 0 Å². The molecule has 0 spiro atoms. The van der Waals surface area contributed by atoms with Crippen molar-refractivity contribution in [3.8, 4) is 0 Å². The van der Waals surface area contributed by atoms with E-state index in [1.165, 1.54) is 0 Å². The van der Waals surface area contributed by atoms with Crippen LogP contribution >= 0.6 is 11.6 Å². The molecule has 1 aromatic carbocycles. The minimum atomic E-state index is 0.260. The second-order valence-electron chi connectivity index (χ2n) is 5.30. The van der Waals surface area contributed by atoms with E-state index < -0.39 is 0 Å². The Morgan fingerprint density at radius 1 is 1.47 bits per heavy atom. The molecule has 0 saturated carbocycles. The molecule has 0 radical (unpaired) electrons. The van der Waals surface area contributed by atoms with Crippen LogP contribution in [0.2, 0.25) is 0 Å². The molecule has 0 aliphatic carbocycles. The van der Waals surface area contributed by atoms with E-state index in [-0.39, 0.29) is 6.10 Å². The zero-order valence-corrected chi connectivity index (χ0v) is 12.5. The zero-order valence-electron chi connectivity index (χ0n) is 11.7. The summed E-state index contributed by atoms with van der Waals surface area (Å²) in [6.07, 6.45) is 0.260. The lowest BCUT2D eigenvalue weighted by molar-refractivity contribution is -0.0315. The second-order valence-corrected chi connectivity index (χ2v) is 5.56. The molecule has 106 valence electrons. The molecule has 1 fully saturated rings. The average Bonchev–Trinajstić information content (AvgIpc) is 2.45. The van der Waals surface area contributed by atoms with Gasteiger partial charge in [0.1, 0.15) is 0 Å². The maximum atomic E-state index is 5.84. The Hall–Kier alpha value is -0.770. The molecule has 1 aromatic rings. The topological polar surface area (TPSA) is 24.5 Å². The summed E-state index contributed by atoms with van der Waals surface area (Å²) in [4.78, 5) is 2.46. The predicted octanol–water partition coefficient (Wildman–Crippen LogP) is 2.95. The fraction of sp³-hybridized carbons (Fsp3) is 0.600. The predicted molar refractivity (Wildman–Crippen MR) is 80.9 cm³/mol. The minimum Gasteiger partial charge on any atom is -0.382 e. The normalized spacial score (nSPS) is 20.7. The van der Waals surface area contributed by atoms with Gasteiger partial charge in [-0.1, -0.05) is 12.1 Å². The minimum absolute atomic E-state index is 0.260. The summed E-state index contributed by atoms with van der Waals surface area (Å²) in [6.45, 7) is 8.18. The summed E-state index contributed by atoms with van der Waals surface area (Å²) in [5, 5.41) is 3.44. The van der Waals surface area contributed by atoms with Crippen molar-refractivity contribution < 1.29 is 4.74 Å². The summed E-state index contributed by atoms with van der Waals surface area (Å²) in [5.41, 5.74) is 2.25. The Morgan fingerprint density at radius 2 is 2.32 bits per heavy atom. The van der Waals surface area contributed by atoms with Crippen molar-refractivity contribution in [3.63, 3.8) is 0 Å². The number of benzene rings is 1. The molecule has 0 aromatic heterocycles. The molecule has 1 unspecified atom stereocenters. The number of nitrogens with zero attached hydrogens (tertiary/aromatic N) is 1. The van der Waals surface area contributed by atoms with Gasteiger partial charge in [-0.25, -0.2) is 0 Å². The van der Waals surface area contributed by atoms with Gasteiger partial charge in [0.2, 0.25) is 0 Å². The van der Waals surface area contributed by atoms with E-state index in [0.29, 0.717) is 11.9 Å². The Morgan fingerprint density at radius 3 is 3.05 bits per heavy atom. The summed E-state index contributed by atoms with van der Waals surface area (Å²) in [7, 11) is 0. The van der Waals surface area contributed by atoms with Crippen molar-refractivity contribution in [1.82, 2.24) is 4.90 Å². The van der Waals surface area contributed by atoms with E-state index in [0.717, 1.165) is 37.5 Å². The summed E-state index contributed by atoms with van der Waals surface area (Å²) in [6, 6.07) is 8.82. The highest BCUT2D eigenvalue weighted by Gasteiger charge is 2.21. The van der Waals surface area contributed by atoms with Crippen LogP contribution in [0.15, 0.2) is 24.3 Å². The first kappa shape index (κ1) is 14.6. The number of alkyl halides is 1. The van der Waals surface area contributed by atoms with Crippen molar-refractivity contribution >= 4 is 17.3 Å². The number of hydrogen-bond donors (Lipinski definition) is 1. The molecule has 1 aliphatic heterocycles. The molecule has 19 heavy (non-hydrogen) atoms. The third-order valence-electron chi connectivity index (χ3n) is 3.52.